The molecule has 7 nitrogen and oxygen atoms in total. The van der Waals surface area contributed by atoms with E-state index in [0.717, 1.165) is 22.6 Å². The first-order chi connectivity index (χ1) is 14.1. The number of hydrazone groups is 1. The molecule has 0 bridgehead atoms. The summed E-state index contributed by atoms with van der Waals surface area (Å²) in [6, 6.07) is 13.5. The highest BCUT2D eigenvalue weighted by Crippen LogP contribution is 2.39. The van der Waals surface area contributed by atoms with E-state index >= 15 is 0 Å². The first kappa shape index (κ1) is 19.3. The Morgan fingerprint density at radius 3 is 2.55 bits per heavy atom. The van der Waals surface area contributed by atoms with Gasteiger partial charge >= 0.3 is 0 Å². The van der Waals surface area contributed by atoms with Crippen LogP contribution in [0.25, 0.3) is 0 Å². The topological polar surface area (TPSA) is 72.7 Å². The molecular weight excluding hydrogens is 390 g/mol. The minimum absolute atomic E-state index is 0.104. The number of methoxy groups -OCH3 is 3. The summed E-state index contributed by atoms with van der Waals surface area (Å²) in [5, 5.41) is 7.28. The molecule has 4 rings (SSSR count). The SMILES string of the molecule is COc1cccc(C2=NN(C3=NC(=O)CS3)C(c3ccc(OC)c(OC)c3)C2)c1. The van der Waals surface area contributed by atoms with Gasteiger partial charge in [-0.15, -0.1) is 0 Å². The molecule has 0 fully saturated rings. The molecule has 2 heterocycles. The van der Waals surface area contributed by atoms with E-state index in [1.165, 1.54) is 11.8 Å². The quantitative estimate of drug-likeness (QED) is 0.750. The van der Waals surface area contributed by atoms with Crippen molar-refractivity contribution in [3.63, 3.8) is 0 Å². The second-order valence-electron chi connectivity index (χ2n) is 6.53. The van der Waals surface area contributed by atoms with Crippen molar-refractivity contribution < 1.29 is 19.0 Å². The van der Waals surface area contributed by atoms with Gasteiger partial charge in [-0.25, -0.2) is 5.01 Å². The van der Waals surface area contributed by atoms with Crippen LogP contribution in [0.1, 0.15) is 23.6 Å². The summed E-state index contributed by atoms with van der Waals surface area (Å²) in [5.41, 5.74) is 2.89. The van der Waals surface area contributed by atoms with E-state index in [1.54, 1.807) is 21.3 Å². The molecule has 0 radical (unpaired) electrons. The standard InChI is InChI=1S/C21H21N3O4S/c1-26-15-6-4-5-13(9-15)16-11-17(24(23-16)21-22-20(25)12-29-21)14-7-8-18(27-2)19(10-14)28-3/h4-10,17H,11-12H2,1-3H3. The number of carbonyl (C=O) groups excluding carboxylic acids is 1. The lowest BCUT2D eigenvalue weighted by Crippen LogP contribution is -2.23. The van der Waals surface area contributed by atoms with Crippen molar-refractivity contribution in [1.82, 2.24) is 5.01 Å². The van der Waals surface area contributed by atoms with Gasteiger partial charge in [-0.3, -0.25) is 4.79 Å². The van der Waals surface area contributed by atoms with Crippen molar-refractivity contribution >= 4 is 28.5 Å². The Hall–Kier alpha value is -3.00. The van der Waals surface area contributed by atoms with E-state index in [9.17, 15) is 4.79 Å². The van der Waals surface area contributed by atoms with Crippen LogP contribution >= 0.6 is 11.8 Å². The number of benzene rings is 2. The Morgan fingerprint density at radius 2 is 1.86 bits per heavy atom. The molecule has 0 spiro atoms. The molecule has 29 heavy (non-hydrogen) atoms. The fourth-order valence-electron chi connectivity index (χ4n) is 3.40. The van der Waals surface area contributed by atoms with E-state index in [4.69, 9.17) is 19.3 Å². The van der Waals surface area contributed by atoms with Crippen molar-refractivity contribution in [3.05, 3.63) is 53.6 Å². The first-order valence-electron chi connectivity index (χ1n) is 9.10. The zero-order chi connectivity index (χ0) is 20.4. The molecule has 0 aromatic heterocycles. The third kappa shape index (κ3) is 3.80. The van der Waals surface area contributed by atoms with Gasteiger partial charge in [0.1, 0.15) is 5.75 Å². The van der Waals surface area contributed by atoms with Crippen LogP contribution < -0.4 is 14.2 Å². The van der Waals surface area contributed by atoms with Gasteiger partial charge in [0.05, 0.1) is 38.8 Å². The second kappa shape index (κ2) is 8.16. The van der Waals surface area contributed by atoms with Crippen LogP contribution in [0.5, 0.6) is 17.2 Å². The highest BCUT2D eigenvalue weighted by molar-refractivity contribution is 8.14. The maximum absolute atomic E-state index is 11.7. The smallest absolute Gasteiger partial charge is 0.258 e. The summed E-state index contributed by atoms with van der Waals surface area (Å²) >= 11 is 1.41. The molecule has 0 saturated carbocycles. The number of amidine groups is 1. The number of rotatable bonds is 5. The fourth-order valence-corrected chi connectivity index (χ4v) is 4.18. The van der Waals surface area contributed by atoms with E-state index in [1.807, 2.05) is 47.5 Å². The Kier molecular flexibility index (Phi) is 5.44. The summed E-state index contributed by atoms with van der Waals surface area (Å²) in [7, 11) is 4.87. The average molecular weight is 411 g/mol. The van der Waals surface area contributed by atoms with E-state index in [-0.39, 0.29) is 11.9 Å². The van der Waals surface area contributed by atoms with Crippen LogP contribution in [0, 0.1) is 0 Å². The largest absolute Gasteiger partial charge is 0.497 e. The first-order valence-corrected chi connectivity index (χ1v) is 10.1. The van der Waals surface area contributed by atoms with Crippen LogP contribution in [0.15, 0.2) is 52.6 Å². The van der Waals surface area contributed by atoms with Crippen LogP contribution in [0.3, 0.4) is 0 Å². The molecule has 2 aromatic carbocycles. The van der Waals surface area contributed by atoms with Crippen LogP contribution in [0.4, 0.5) is 0 Å². The summed E-state index contributed by atoms with van der Waals surface area (Å²) in [5.74, 6) is 2.29. The number of hydrogen-bond donors (Lipinski definition) is 0. The molecular formula is C21H21N3O4S. The van der Waals surface area contributed by atoms with Gasteiger partial charge in [-0.05, 0) is 29.8 Å². The predicted molar refractivity (Wildman–Crippen MR) is 113 cm³/mol. The third-order valence-corrected chi connectivity index (χ3v) is 5.77. The van der Waals surface area contributed by atoms with Crippen LogP contribution in [-0.2, 0) is 4.79 Å². The molecule has 1 amide bonds. The number of aliphatic imine (C=N–C) groups is 1. The molecule has 8 heteroatoms. The van der Waals surface area contributed by atoms with Crippen LogP contribution in [0.2, 0.25) is 0 Å². The molecule has 0 aliphatic carbocycles. The number of hydrogen-bond acceptors (Lipinski definition) is 7. The maximum atomic E-state index is 11.7. The van der Waals surface area contributed by atoms with Gasteiger partial charge in [0.15, 0.2) is 16.7 Å². The molecule has 2 aliphatic rings. The predicted octanol–water partition coefficient (Wildman–Crippen LogP) is 3.49. The van der Waals surface area contributed by atoms with Gasteiger partial charge < -0.3 is 14.2 Å². The lowest BCUT2D eigenvalue weighted by atomic mass is 9.98. The molecule has 0 N–H and O–H groups in total. The summed E-state index contributed by atoms with van der Waals surface area (Å²) in [6.07, 6.45) is 0.663. The van der Waals surface area contributed by atoms with Gasteiger partial charge in [0.25, 0.3) is 5.91 Å². The molecule has 2 aliphatic heterocycles. The van der Waals surface area contributed by atoms with E-state index in [2.05, 4.69) is 4.99 Å². The number of ether oxygens (including phenoxy) is 3. The molecule has 150 valence electrons. The second-order valence-corrected chi connectivity index (χ2v) is 7.48. The fraction of sp³-hybridized carbons (Fsp3) is 0.286. The van der Waals surface area contributed by atoms with E-state index in [0.29, 0.717) is 28.8 Å². The van der Waals surface area contributed by atoms with Crippen molar-refractivity contribution in [3.8, 4) is 17.2 Å². The lowest BCUT2D eigenvalue weighted by Gasteiger charge is -2.23. The normalized spacial score (nSPS) is 18.5. The van der Waals surface area contributed by atoms with Gasteiger partial charge in [0.2, 0.25) is 0 Å². The average Bonchev–Trinajstić information content (AvgIpc) is 3.39. The highest BCUT2D eigenvalue weighted by atomic mass is 32.2. The Bertz CT molecular complexity index is 1010. The molecule has 1 unspecified atom stereocenters. The van der Waals surface area contributed by atoms with Crippen LogP contribution in [-0.4, -0.2) is 48.9 Å². The lowest BCUT2D eigenvalue weighted by molar-refractivity contribution is -0.115. The highest BCUT2D eigenvalue weighted by Gasteiger charge is 2.35. The van der Waals surface area contributed by atoms with Crippen molar-refractivity contribution in [2.24, 2.45) is 10.1 Å². The summed E-state index contributed by atoms with van der Waals surface area (Å²) < 4.78 is 16.2. The van der Waals surface area contributed by atoms with Crippen molar-refractivity contribution in [2.75, 3.05) is 27.1 Å². The monoisotopic (exact) mass is 411 g/mol. The number of thioether (sulfide) groups is 1. The summed E-state index contributed by atoms with van der Waals surface area (Å²) in [6.45, 7) is 0. The zero-order valence-corrected chi connectivity index (χ0v) is 17.2. The minimum Gasteiger partial charge on any atom is -0.497 e. The summed E-state index contributed by atoms with van der Waals surface area (Å²) in [4.78, 5) is 15.9. The third-order valence-electron chi connectivity index (χ3n) is 4.85. The maximum Gasteiger partial charge on any atom is 0.258 e. The van der Waals surface area contributed by atoms with Gasteiger partial charge in [0, 0.05) is 12.0 Å². The van der Waals surface area contributed by atoms with E-state index < -0.39 is 0 Å². The van der Waals surface area contributed by atoms with Crippen molar-refractivity contribution in [2.45, 2.75) is 12.5 Å². The molecule has 0 saturated heterocycles. The Balaban J connectivity index is 1.73. The number of amides is 1. The number of carbonyl (C=O) groups is 1. The van der Waals surface area contributed by atoms with Gasteiger partial charge in [-0.1, -0.05) is 30.0 Å². The van der Waals surface area contributed by atoms with Gasteiger partial charge in [-0.2, -0.15) is 10.1 Å². The Morgan fingerprint density at radius 1 is 1.03 bits per heavy atom. The molecule has 2 aromatic rings. The van der Waals surface area contributed by atoms with Crippen molar-refractivity contribution in [1.29, 1.82) is 0 Å². The molecule has 1 atom stereocenters. The number of nitrogens with zero attached hydrogens (tertiary/aromatic N) is 3. The zero-order valence-electron chi connectivity index (χ0n) is 16.4. The minimum atomic E-state index is -0.138. The Labute approximate surface area is 173 Å².